The van der Waals surface area contributed by atoms with Gasteiger partial charge in [0.2, 0.25) is 0 Å². The van der Waals surface area contributed by atoms with Crippen LogP contribution in [0.15, 0.2) is 151 Å². The molecule has 1 aliphatic rings. The molecular formula is C36H36BrClN5OP. The van der Waals surface area contributed by atoms with Crippen LogP contribution in [0.5, 0.6) is 5.75 Å². The van der Waals surface area contributed by atoms with Gasteiger partial charge < -0.3 is 17.0 Å². The van der Waals surface area contributed by atoms with Crippen LogP contribution in [0.2, 0.25) is 0 Å². The zero-order valence-electron chi connectivity index (χ0n) is 24.7. The Hall–Kier alpha value is -4.16. The van der Waals surface area contributed by atoms with E-state index in [9.17, 15) is 0 Å². The number of nitrogens with one attached hydrogen (secondary N) is 3. The number of ether oxygens (including phenoxy) is 1. The van der Waals surface area contributed by atoms with Crippen LogP contribution in [-0.4, -0.2) is 24.8 Å². The van der Waals surface area contributed by atoms with Crippen molar-refractivity contribution in [2.45, 2.75) is 12.6 Å². The van der Waals surface area contributed by atoms with E-state index in [4.69, 9.17) is 21.7 Å². The van der Waals surface area contributed by atoms with Gasteiger partial charge in [-0.3, -0.25) is 0 Å². The van der Waals surface area contributed by atoms with Crippen molar-refractivity contribution >= 4 is 45.0 Å². The van der Waals surface area contributed by atoms with Gasteiger partial charge in [0, 0.05) is 0 Å². The van der Waals surface area contributed by atoms with E-state index in [1.165, 1.54) is 5.56 Å². The predicted octanol–water partition coefficient (Wildman–Crippen LogP) is 0.896. The van der Waals surface area contributed by atoms with E-state index < -0.39 is 5.96 Å². The van der Waals surface area contributed by atoms with Crippen LogP contribution in [-0.2, 0) is 6.42 Å². The molecule has 1 unspecified atom stereocenters. The zero-order valence-corrected chi connectivity index (χ0v) is 27.9. The number of nitrogens with two attached hydrogens (primary N) is 1. The quantitative estimate of drug-likeness (QED) is 0.163. The van der Waals surface area contributed by atoms with Gasteiger partial charge in [-0.2, -0.15) is 0 Å². The minimum absolute atomic E-state index is 0. The van der Waals surface area contributed by atoms with E-state index in [2.05, 4.69) is 69.1 Å². The first-order chi connectivity index (χ1) is 21.5. The van der Waals surface area contributed by atoms with Gasteiger partial charge in [0.05, 0.1) is 0 Å². The van der Waals surface area contributed by atoms with Gasteiger partial charge in [-0.15, -0.1) is 0 Å². The van der Waals surface area contributed by atoms with Crippen molar-refractivity contribution in [3.05, 3.63) is 157 Å². The first kappa shape index (κ1) is 32.2. The molecule has 0 spiro atoms. The van der Waals surface area contributed by atoms with Gasteiger partial charge in [0.15, 0.2) is 0 Å². The van der Waals surface area contributed by atoms with E-state index in [-0.39, 0.29) is 23.1 Å². The van der Waals surface area contributed by atoms with Gasteiger partial charge in [-0.05, 0) is 5.56 Å². The second-order valence-corrected chi connectivity index (χ2v) is 17.2. The van der Waals surface area contributed by atoms with E-state index in [1.54, 1.807) is 0 Å². The van der Waals surface area contributed by atoms with Crippen LogP contribution in [0.25, 0.3) is 0 Å². The number of hydrogen-bond donors (Lipinski definition) is 4. The Morgan fingerprint density at radius 3 is 1.71 bits per heavy atom. The molecule has 5 aromatic rings. The maximum absolute atomic E-state index is 8.14. The molecule has 0 saturated heterocycles. The summed E-state index contributed by atoms with van der Waals surface area (Å²) >= 11 is 8.14. The Bertz CT molecular complexity index is 1640. The average Bonchev–Trinajstić information content (AvgIpc) is 3.09. The molecule has 9 heteroatoms. The number of aliphatic imine (C=N–C) groups is 1. The maximum atomic E-state index is 8.14. The number of nitrogens with zero attached hydrogens (tertiary/aromatic N) is 1. The van der Waals surface area contributed by atoms with Gasteiger partial charge >= 0.3 is 228 Å². The second kappa shape index (κ2) is 14.3. The molecule has 0 aromatic heterocycles. The summed E-state index contributed by atoms with van der Waals surface area (Å²) in [5, 5.41) is 9.66. The minimum atomic E-state index is -3.55. The third kappa shape index (κ3) is 6.91. The van der Waals surface area contributed by atoms with Gasteiger partial charge in [-0.25, -0.2) is 0 Å². The molecule has 0 fully saturated rings. The standard InChI is InChI=1S/C36H35ClN5OP.BrH/c37-44(31-15-7-2-8-16-31,32-17-9-3-10-18-32,33-19-11-4-12-20-33)27-43-30-23-21-29(22-24-30)34-40-35(38)42-36(41-34)39-26-25-28-13-5-1-6-14-28;/h1-24,34H,25-27H2,(H4,38,39,40,41,42);1H. The second-order valence-electron chi connectivity index (χ2n) is 10.8. The van der Waals surface area contributed by atoms with Crippen molar-refractivity contribution < 1.29 is 26.7 Å². The van der Waals surface area contributed by atoms with Crippen LogP contribution in [0.3, 0.4) is 0 Å². The Balaban J connectivity index is 0.00000400. The molecule has 5 N–H and O–H groups in total. The predicted molar refractivity (Wildman–Crippen MR) is 185 cm³/mol. The molecule has 1 atom stereocenters. The fourth-order valence-electron chi connectivity index (χ4n) is 5.56. The van der Waals surface area contributed by atoms with Crippen LogP contribution in [0.1, 0.15) is 17.3 Å². The van der Waals surface area contributed by atoms with Crippen LogP contribution < -0.4 is 59.0 Å². The molecule has 6 rings (SSSR count). The molecule has 0 aliphatic carbocycles. The summed E-state index contributed by atoms with van der Waals surface area (Å²) in [7, 11) is 0. The molecule has 45 heavy (non-hydrogen) atoms. The van der Waals surface area contributed by atoms with E-state index in [1.807, 2.05) is 97.1 Å². The zero-order chi connectivity index (χ0) is 30.3. The molecule has 0 saturated carbocycles. The Morgan fingerprint density at radius 2 is 1.20 bits per heavy atom. The number of hydrogen-bond acceptors (Lipinski definition) is 3. The molecule has 230 valence electrons. The summed E-state index contributed by atoms with van der Waals surface area (Å²) in [5.41, 5.74) is 8.37. The monoisotopic (exact) mass is 699 g/mol. The van der Waals surface area contributed by atoms with E-state index in [0.717, 1.165) is 46.2 Å². The average molecular weight is 701 g/mol. The first-order valence-corrected chi connectivity index (χ1v) is 18.0. The summed E-state index contributed by atoms with van der Waals surface area (Å²) in [4.78, 5) is 7.97. The third-order valence-electron chi connectivity index (χ3n) is 7.91. The van der Waals surface area contributed by atoms with Crippen molar-refractivity contribution in [3.63, 3.8) is 0 Å². The number of benzene rings is 5. The smallest absolute Gasteiger partial charge is 1.00 e. The number of rotatable bonds is 10. The van der Waals surface area contributed by atoms with E-state index >= 15 is 0 Å². The Kier molecular flexibility index (Phi) is 10.2. The number of halogens is 2. The van der Waals surface area contributed by atoms with Crippen molar-refractivity contribution in [1.82, 2.24) is 10.6 Å². The molecule has 1 aliphatic heterocycles. The first-order valence-electron chi connectivity index (χ1n) is 14.7. The van der Waals surface area contributed by atoms with Crippen LogP contribution in [0, 0.1) is 0 Å². The van der Waals surface area contributed by atoms with Crippen LogP contribution in [0.4, 0.5) is 0 Å². The van der Waals surface area contributed by atoms with Crippen LogP contribution >= 0.6 is 17.2 Å². The normalized spacial score (nSPS) is 16.2. The minimum Gasteiger partial charge on any atom is -1.00 e. The molecule has 0 radical (unpaired) electrons. The van der Waals surface area contributed by atoms with Crippen molar-refractivity contribution in [1.29, 1.82) is 0 Å². The topological polar surface area (TPSA) is 85.6 Å². The van der Waals surface area contributed by atoms with Crippen molar-refractivity contribution in [2.75, 3.05) is 12.9 Å². The summed E-state index contributed by atoms with van der Waals surface area (Å²) in [6.07, 6.45) is 0.849. The summed E-state index contributed by atoms with van der Waals surface area (Å²) in [6.45, 7) is 0.751. The fourth-order valence-corrected chi connectivity index (χ4v) is 10.8. The Labute approximate surface area is 279 Å². The van der Waals surface area contributed by atoms with Gasteiger partial charge in [-0.1, -0.05) is 30.3 Å². The van der Waals surface area contributed by atoms with Crippen molar-refractivity contribution in [2.24, 2.45) is 10.7 Å². The molecule has 6 nitrogen and oxygen atoms in total. The molecule has 1 heterocycles. The summed E-state index contributed by atoms with van der Waals surface area (Å²) in [6, 6.07) is 49.3. The summed E-state index contributed by atoms with van der Waals surface area (Å²) < 4.78 is 6.63. The largest absolute Gasteiger partial charge is 1.00 e. The fraction of sp³-hybridized carbons (Fsp3) is 0.111. The Morgan fingerprint density at radius 1 is 0.711 bits per heavy atom. The van der Waals surface area contributed by atoms with Gasteiger partial charge in [0.1, 0.15) is 0 Å². The molecular weight excluding hydrogens is 665 g/mol. The van der Waals surface area contributed by atoms with Crippen molar-refractivity contribution in [3.8, 4) is 5.75 Å². The maximum Gasteiger partial charge on any atom is -1.00 e. The number of guanidine groups is 2. The summed E-state index contributed by atoms with van der Waals surface area (Å²) in [5.74, 6) is -1.74. The third-order valence-corrected chi connectivity index (χ3v) is 14.7. The molecule has 0 amide bonds. The molecule has 0 bridgehead atoms. The SMILES string of the molecule is NC1=NC(c2ccc(OCP(Cl)(c3ccccc3)(c3ccccc3)c3ccccc3)cc2)NC(=[NH+]CCc2ccccc2)N1.[Br-]. The molecule has 5 aromatic carbocycles. The van der Waals surface area contributed by atoms with E-state index in [0.29, 0.717) is 12.3 Å². The van der Waals surface area contributed by atoms with Gasteiger partial charge in [0.25, 0.3) is 0 Å².